The van der Waals surface area contributed by atoms with Gasteiger partial charge in [-0.3, -0.25) is 0 Å². The SMILES string of the molecule is CS(=O)(=O)N1CCC(Nc2ncc(C#N)c(-c3cnn(-c4ccc(CNC5CCC(C#N)CC5)cc4Cl)c3)n2)CC1. The third kappa shape index (κ3) is 7.03. The van der Waals surface area contributed by atoms with Crippen molar-refractivity contribution in [2.45, 2.75) is 57.2 Å². The van der Waals surface area contributed by atoms with E-state index in [9.17, 15) is 13.7 Å². The number of aromatic nitrogens is 4. The van der Waals surface area contributed by atoms with Crippen LogP contribution in [0.1, 0.15) is 49.7 Å². The zero-order valence-corrected chi connectivity index (χ0v) is 24.4. The number of halogens is 1. The fourth-order valence-corrected chi connectivity index (χ4v) is 6.54. The van der Waals surface area contributed by atoms with Crippen LogP contribution in [0, 0.1) is 28.6 Å². The van der Waals surface area contributed by atoms with E-state index in [2.05, 4.69) is 37.8 Å². The summed E-state index contributed by atoms with van der Waals surface area (Å²) in [5.41, 5.74) is 3.19. The molecule has 2 aliphatic rings. The minimum absolute atomic E-state index is 0.0240. The van der Waals surface area contributed by atoms with Crippen molar-refractivity contribution in [3.63, 3.8) is 0 Å². The van der Waals surface area contributed by atoms with E-state index in [1.165, 1.54) is 16.8 Å². The highest BCUT2D eigenvalue weighted by atomic mass is 35.5. The first kappa shape index (κ1) is 29.0. The Morgan fingerprint density at radius 2 is 1.83 bits per heavy atom. The number of piperidine rings is 1. The molecule has 1 aliphatic heterocycles. The zero-order chi connectivity index (χ0) is 29.0. The number of benzene rings is 1. The topological polar surface area (TPSA) is 153 Å². The van der Waals surface area contributed by atoms with Crippen LogP contribution in [0.5, 0.6) is 0 Å². The van der Waals surface area contributed by atoms with Crippen molar-refractivity contribution < 1.29 is 8.42 Å². The summed E-state index contributed by atoms with van der Waals surface area (Å²) in [7, 11) is -3.20. The van der Waals surface area contributed by atoms with Crippen LogP contribution in [0.4, 0.5) is 5.95 Å². The standard InChI is InChI=1S/C28H32ClN9O2S/c1-41(39,40)37-10-8-24(9-11-37)35-28-33-16-21(14-31)27(36-28)22-17-34-38(18-22)26-7-4-20(12-25(26)29)15-32-23-5-2-19(13-30)3-6-23/h4,7,12,16-19,23-24,32H,2-3,5-6,8-11,15H2,1H3,(H,33,35,36). The number of anilines is 1. The number of nitriles is 2. The van der Waals surface area contributed by atoms with E-state index in [-0.39, 0.29) is 12.0 Å². The van der Waals surface area contributed by atoms with Crippen molar-refractivity contribution in [2.75, 3.05) is 24.7 Å². The average molecular weight is 594 g/mol. The fourth-order valence-electron chi connectivity index (χ4n) is 5.38. The van der Waals surface area contributed by atoms with E-state index in [1.54, 1.807) is 17.1 Å². The molecule has 1 saturated heterocycles. The third-order valence-electron chi connectivity index (χ3n) is 7.78. The van der Waals surface area contributed by atoms with Gasteiger partial charge in [0.05, 0.1) is 46.7 Å². The van der Waals surface area contributed by atoms with Crippen molar-refractivity contribution in [2.24, 2.45) is 5.92 Å². The van der Waals surface area contributed by atoms with Crippen LogP contribution < -0.4 is 10.6 Å². The summed E-state index contributed by atoms with van der Waals surface area (Å²) in [5.74, 6) is 0.558. The Kier molecular flexibility index (Phi) is 8.85. The molecule has 1 aromatic carbocycles. The van der Waals surface area contributed by atoms with Gasteiger partial charge in [-0.25, -0.2) is 27.4 Å². The first-order valence-electron chi connectivity index (χ1n) is 13.7. The normalized spacial score (nSPS) is 20.3. The van der Waals surface area contributed by atoms with Gasteiger partial charge in [-0.05, 0) is 56.2 Å². The van der Waals surface area contributed by atoms with Crippen LogP contribution in [0.25, 0.3) is 16.9 Å². The van der Waals surface area contributed by atoms with Gasteiger partial charge in [-0.2, -0.15) is 15.6 Å². The quantitative estimate of drug-likeness (QED) is 0.396. The maximum atomic E-state index is 11.8. The average Bonchev–Trinajstić information content (AvgIpc) is 3.46. The van der Waals surface area contributed by atoms with E-state index < -0.39 is 10.0 Å². The summed E-state index contributed by atoms with van der Waals surface area (Å²) < 4.78 is 26.7. The fraction of sp³-hybridized carbons (Fsp3) is 0.464. The van der Waals surface area contributed by atoms with Crippen molar-refractivity contribution >= 4 is 27.6 Å². The Morgan fingerprint density at radius 3 is 2.49 bits per heavy atom. The molecule has 0 bridgehead atoms. The molecule has 2 aromatic heterocycles. The molecule has 0 spiro atoms. The summed E-state index contributed by atoms with van der Waals surface area (Å²) in [4.78, 5) is 8.91. The molecule has 5 rings (SSSR count). The molecular formula is C28H32ClN9O2S. The number of nitrogens with one attached hydrogen (secondary N) is 2. The Bertz CT molecular complexity index is 1580. The highest BCUT2D eigenvalue weighted by Crippen LogP contribution is 2.28. The van der Waals surface area contributed by atoms with Crippen molar-refractivity contribution in [3.8, 4) is 29.1 Å². The lowest BCUT2D eigenvalue weighted by atomic mass is 9.87. The molecule has 3 heterocycles. The highest BCUT2D eigenvalue weighted by Gasteiger charge is 2.26. The van der Waals surface area contributed by atoms with Crippen LogP contribution in [-0.2, 0) is 16.6 Å². The lowest BCUT2D eigenvalue weighted by molar-refractivity contribution is 0.331. The number of sulfonamides is 1. The third-order valence-corrected chi connectivity index (χ3v) is 9.39. The maximum absolute atomic E-state index is 11.8. The molecule has 3 aromatic rings. The number of hydrogen-bond acceptors (Lipinski definition) is 9. The molecule has 0 amide bonds. The van der Waals surface area contributed by atoms with E-state index in [4.69, 9.17) is 16.9 Å². The number of hydrogen-bond donors (Lipinski definition) is 2. The molecule has 11 nitrogen and oxygen atoms in total. The lowest BCUT2D eigenvalue weighted by Gasteiger charge is -2.30. The minimum atomic E-state index is -3.20. The van der Waals surface area contributed by atoms with E-state index in [0.29, 0.717) is 72.0 Å². The predicted octanol–water partition coefficient (Wildman–Crippen LogP) is 3.86. The Balaban J connectivity index is 1.25. The molecule has 1 saturated carbocycles. The van der Waals surface area contributed by atoms with Crippen LogP contribution >= 0.6 is 11.6 Å². The molecule has 2 fully saturated rings. The molecule has 0 radical (unpaired) electrons. The lowest BCUT2D eigenvalue weighted by Crippen LogP contribution is -2.42. The highest BCUT2D eigenvalue weighted by molar-refractivity contribution is 7.88. The van der Waals surface area contributed by atoms with Crippen LogP contribution in [-0.4, -0.2) is 63.9 Å². The van der Waals surface area contributed by atoms with Gasteiger partial charge in [0.25, 0.3) is 0 Å². The first-order valence-corrected chi connectivity index (χ1v) is 15.9. The molecule has 2 N–H and O–H groups in total. The number of rotatable bonds is 8. The Labute approximate surface area is 245 Å². The summed E-state index contributed by atoms with van der Waals surface area (Å²) in [6, 6.07) is 10.8. The van der Waals surface area contributed by atoms with E-state index >= 15 is 0 Å². The Hall–Kier alpha value is -3.55. The second-order valence-corrected chi connectivity index (χ2v) is 13.1. The smallest absolute Gasteiger partial charge is 0.223 e. The maximum Gasteiger partial charge on any atom is 0.223 e. The predicted molar refractivity (Wildman–Crippen MR) is 156 cm³/mol. The Morgan fingerprint density at radius 1 is 1.07 bits per heavy atom. The van der Waals surface area contributed by atoms with Gasteiger partial charge in [-0.1, -0.05) is 17.7 Å². The second kappa shape index (κ2) is 12.5. The largest absolute Gasteiger partial charge is 0.351 e. The summed E-state index contributed by atoms with van der Waals surface area (Å²) in [5, 5.41) is 30.7. The molecule has 0 unspecified atom stereocenters. The van der Waals surface area contributed by atoms with Gasteiger partial charge in [0, 0.05) is 49.4 Å². The van der Waals surface area contributed by atoms with Crippen molar-refractivity contribution in [1.29, 1.82) is 10.5 Å². The van der Waals surface area contributed by atoms with Gasteiger partial charge >= 0.3 is 0 Å². The zero-order valence-electron chi connectivity index (χ0n) is 22.8. The number of nitrogens with zero attached hydrogens (tertiary/aromatic N) is 7. The molecule has 41 heavy (non-hydrogen) atoms. The van der Waals surface area contributed by atoms with E-state index in [0.717, 1.165) is 31.2 Å². The van der Waals surface area contributed by atoms with Crippen LogP contribution in [0.3, 0.4) is 0 Å². The second-order valence-electron chi connectivity index (χ2n) is 10.7. The monoisotopic (exact) mass is 593 g/mol. The molecule has 13 heteroatoms. The summed E-state index contributed by atoms with van der Waals surface area (Å²) in [6.07, 6.45) is 11.3. The van der Waals surface area contributed by atoms with Crippen molar-refractivity contribution in [3.05, 3.63) is 52.9 Å². The van der Waals surface area contributed by atoms with Gasteiger partial charge in [0.1, 0.15) is 6.07 Å². The van der Waals surface area contributed by atoms with Gasteiger partial charge in [-0.15, -0.1) is 0 Å². The van der Waals surface area contributed by atoms with Gasteiger partial charge < -0.3 is 10.6 Å². The van der Waals surface area contributed by atoms with Gasteiger partial charge in [0.2, 0.25) is 16.0 Å². The summed E-state index contributed by atoms with van der Waals surface area (Å²) in [6.45, 7) is 1.57. The van der Waals surface area contributed by atoms with Crippen LogP contribution in [0.2, 0.25) is 5.02 Å². The molecule has 0 atom stereocenters. The van der Waals surface area contributed by atoms with Crippen LogP contribution in [0.15, 0.2) is 36.8 Å². The molecular weight excluding hydrogens is 562 g/mol. The van der Waals surface area contributed by atoms with Gasteiger partial charge in [0.15, 0.2) is 0 Å². The minimum Gasteiger partial charge on any atom is -0.351 e. The molecule has 1 aliphatic carbocycles. The van der Waals surface area contributed by atoms with Crippen molar-refractivity contribution in [1.82, 2.24) is 29.4 Å². The molecule has 214 valence electrons. The first-order chi connectivity index (χ1) is 19.7. The van der Waals surface area contributed by atoms with E-state index in [1.807, 2.05) is 18.2 Å². The summed E-state index contributed by atoms with van der Waals surface area (Å²) >= 11 is 6.66.